The summed E-state index contributed by atoms with van der Waals surface area (Å²) >= 11 is 0. The topological polar surface area (TPSA) is 226 Å². The molecule has 0 aliphatic heterocycles. The van der Waals surface area contributed by atoms with Crippen molar-refractivity contribution in [1.82, 2.24) is 21.5 Å². The zero-order valence-corrected chi connectivity index (χ0v) is 15.8. The van der Waals surface area contributed by atoms with Crippen molar-refractivity contribution in [3.63, 3.8) is 0 Å². The maximum atomic E-state index is 12.2. The summed E-state index contributed by atoms with van der Waals surface area (Å²) < 4.78 is 0. The molecule has 1 aromatic carbocycles. The SMILES string of the molecule is NC(=O)C[C@H](NC(=O)N[C@@H](Cc1ccccc1)C(=O)O)C(=O)NNC(=O)[C@@H](N)CO. The van der Waals surface area contributed by atoms with Crippen molar-refractivity contribution in [2.45, 2.75) is 31.0 Å². The van der Waals surface area contributed by atoms with E-state index in [1.54, 1.807) is 30.3 Å². The Morgan fingerprint density at radius 1 is 0.933 bits per heavy atom. The summed E-state index contributed by atoms with van der Waals surface area (Å²) in [7, 11) is 0. The highest BCUT2D eigenvalue weighted by atomic mass is 16.4. The molecule has 0 aliphatic rings. The number of nitrogens with one attached hydrogen (secondary N) is 4. The van der Waals surface area contributed by atoms with Crippen molar-refractivity contribution in [3.8, 4) is 0 Å². The van der Waals surface area contributed by atoms with Gasteiger partial charge in [-0.25, -0.2) is 9.59 Å². The first kappa shape index (κ1) is 24.3. The number of aliphatic hydroxyl groups excluding tert-OH is 1. The molecule has 164 valence electrons. The molecule has 0 saturated heterocycles. The van der Waals surface area contributed by atoms with Gasteiger partial charge in [-0.1, -0.05) is 30.3 Å². The molecule has 0 unspecified atom stereocenters. The van der Waals surface area contributed by atoms with Gasteiger partial charge in [0.15, 0.2) is 0 Å². The number of amides is 5. The molecule has 0 aromatic heterocycles. The Hall–Kier alpha value is -3.71. The van der Waals surface area contributed by atoms with Crippen LogP contribution in [-0.4, -0.2) is 64.7 Å². The van der Waals surface area contributed by atoms with E-state index in [0.29, 0.717) is 5.56 Å². The molecule has 13 nitrogen and oxygen atoms in total. The fourth-order valence-corrected chi connectivity index (χ4v) is 2.20. The molecule has 3 atom stereocenters. The summed E-state index contributed by atoms with van der Waals surface area (Å²) in [5.41, 5.74) is 14.8. The Kier molecular flexibility index (Phi) is 9.72. The van der Waals surface area contributed by atoms with Crippen LogP contribution in [0.5, 0.6) is 0 Å². The number of benzene rings is 1. The van der Waals surface area contributed by atoms with Gasteiger partial charge in [-0.15, -0.1) is 0 Å². The Labute approximate surface area is 171 Å². The first-order chi connectivity index (χ1) is 14.1. The molecule has 0 heterocycles. The molecular weight excluding hydrogens is 400 g/mol. The van der Waals surface area contributed by atoms with Gasteiger partial charge < -0.3 is 32.3 Å². The molecule has 0 radical (unpaired) electrons. The fourth-order valence-electron chi connectivity index (χ4n) is 2.20. The van der Waals surface area contributed by atoms with Gasteiger partial charge in [0.1, 0.15) is 18.1 Å². The third kappa shape index (κ3) is 8.53. The zero-order valence-electron chi connectivity index (χ0n) is 15.8. The van der Waals surface area contributed by atoms with Gasteiger partial charge in [-0.3, -0.25) is 25.2 Å². The summed E-state index contributed by atoms with van der Waals surface area (Å²) in [5.74, 6) is -4.18. The van der Waals surface area contributed by atoms with Gasteiger partial charge in [-0.2, -0.15) is 0 Å². The van der Waals surface area contributed by atoms with Crippen LogP contribution in [0.1, 0.15) is 12.0 Å². The number of carbonyl (C=O) groups is 5. The number of carbonyl (C=O) groups excluding carboxylic acids is 4. The van der Waals surface area contributed by atoms with Crippen LogP contribution in [0.15, 0.2) is 30.3 Å². The van der Waals surface area contributed by atoms with Crippen LogP contribution in [0.4, 0.5) is 4.79 Å². The maximum absolute atomic E-state index is 12.2. The summed E-state index contributed by atoms with van der Waals surface area (Å²) in [4.78, 5) is 58.4. The second kappa shape index (κ2) is 12.0. The van der Waals surface area contributed by atoms with Crippen LogP contribution in [0, 0.1) is 0 Å². The predicted octanol–water partition coefficient (Wildman–Crippen LogP) is -3.31. The van der Waals surface area contributed by atoms with Crippen molar-refractivity contribution in [3.05, 3.63) is 35.9 Å². The second-order valence-corrected chi connectivity index (χ2v) is 6.19. The van der Waals surface area contributed by atoms with Crippen LogP contribution in [0.25, 0.3) is 0 Å². The largest absolute Gasteiger partial charge is 0.480 e. The Bertz CT molecular complexity index is 773. The lowest BCUT2D eigenvalue weighted by atomic mass is 10.1. The van der Waals surface area contributed by atoms with Crippen LogP contribution >= 0.6 is 0 Å². The number of nitrogens with two attached hydrogens (primary N) is 2. The average Bonchev–Trinajstić information content (AvgIpc) is 2.70. The molecule has 0 aliphatic carbocycles. The van der Waals surface area contributed by atoms with E-state index in [1.807, 2.05) is 10.9 Å². The Balaban J connectivity index is 2.74. The molecule has 5 amide bonds. The van der Waals surface area contributed by atoms with E-state index in [4.69, 9.17) is 16.6 Å². The predicted molar refractivity (Wildman–Crippen MR) is 102 cm³/mol. The Morgan fingerprint density at radius 2 is 1.50 bits per heavy atom. The number of carboxylic acids is 1. The molecule has 0 spiro atoms. The van der Waals surface area contributed by atoms with Gasteiger partial charge in [0.05, 0.1) is 13.0 Å². The molecule has 0 fully saturated rings. The molecule has 0 bridgehead atoms. The summed E-state index contributed by atoms with van der Waals surface area (Å²) in [6, 6.07) is 3.35. The van der Waals surface area contributed by atoms with E-state index in [2.05, 4.69) is 10.6 Å². The minimum atomic E-state index is -1.51. The minimum absolute atomic E-state index is 0.0224. The van der Waals surface area contributed by atoms with Crippen LogP contribution in [0.3, 0.4) is 0 Å². The highest BCUT2D eigenvalue weighted by Gasteiger charge is 2.27. The Morgan fingerprint density at radius 3 is 2.03 bits per heavy atom. The molecular formula is C17H24N6O7. The zero-order chi connectivity index (χ0) is 22.7. The van der Waals surface area contributed by atoms with Gasteiger partial charge in [0, 0.05) is 6.42 Å². The highest BCUT2D eigenvalue weighted by Crippen LogP contribution is 2.04. The van der Waals surface area contributed by atoms with Crippen molar-refractivity contribution < 1.29 is 34.2 Å². The number of rotatable bonds is 10. The number of hydrogen-bond acceptors (Lipinski definition) is 7. The lowest BCUT2D eigenvalue weighted by Gasteiger charge is -2.20. The van der Waals surface area contributed by atoms with Crippen molar-refractivity contribution in [2.24, 2.45) is 11.5 Å². The quantitative estimate of drug-likeness (QED) is 0.177. The number of urea groups is 1. The van der Waals surface area contributed by atoms with Crippen molar-refractivity contribution in [1.29, 1.82) is 0 Å². The molecule has 1 aromatic rings. The highest BCUT2D eigenvalue weighted by molar-refractivity contribution is 5.93. The van der Waals surface area contributed by atoms with Gasteiger partial charge >= 0.3 is 12.0 Å². The minimum Gasteiger partial charge on any atom is -0.480 e. The van der Waals surface area contributed by atoms with E-state index in [9.17, 15) is 29.1 Å². The van der Waals surface area contributed by atoms with E-state index in [1.165, 1.54) is 0 Å². The maximum Gasteiger partial charge on any atom is 0.326 e. The van der Waals surface area contributed by atoms with Crippen LogP contribution < -0.4 is 33.0 Å². The average molecular weight is 424 g/mol. The van der Waals surface area contributed by atoms with Crippen LogP contribution in [0.2, 0.25) is 0 Å². The number of primary amides is 1. The monoisotopic (exact) mass is 424 g/mol. The summed E-state index contributed by atoms with van der Waals surface area (Å²) in [5, 5.41) is 22.4. The molecule has 30 heavy (non-hydrogen) atoms. The molecule has 10 N–H and O–H groups in total. The molecule has 1 rings (SSSR count). The summed E-state index contributed by atoms with van der Waals surface area (Å²) in [6.45, 7) is -0.676. The third-order valence-electron chi connectivity index (χ3n) is 3.76. The molecule has 0 saturated carbocycles. The second-order valence-electron chi connectivity index (χ2n) is 6.19. The van der Waals surface area contributed by atoms with Gasteiger partial charge in [0.25, 0.3) is 11.8 Å². The van der Waals surface area contributed by atoms with E-state index < -0.39 is 60.9 Å². The smallest absolute Gasteiger partial charge is 0.326 e. The lowest BCUT2D eigenvalue weighted by molar-refractivity contribution is -0.139. The number of carboxylic acid groups (broad SMARTS) is 1. The number of hydrogen-bond donors (Lipinski definition) is 8. The first-order valence-electron chi connectivity index (χ1n) is 8.72. The fraction of sp³-hybridized carbons (Fsp3) is 0.353. The van der Waals surface area contributed by atoms with E-state index >= 15 is 0 Å². The van der Waals surface area contributed by atoms with Crippen LogP contribution in [-0.2, 0) is 25.6 Å². The third-order valence-corrected chi connectivity index (χ3v) is 3.76. The van der Waals surface area contributed by atoms with E-state index in [0.717, 1.165) is 0 Å². The number of aliphatic carboxylic acids is 1. The molecule has 13 heteroatoms. The normalized spacial score (nSPS) is 13.3. The lowest BCUT2D eigenvalue weighted by Crippen LogP contribution is -2.58. The van der Waals surface area contributed by atoms with Gasteiger partial charge in [0.2, 0.25) is 5.91 Å². The van der Waals surface area contributed by atoms with Crippen molar-refractivity contribution >= 4 is 29.7 Å². The number of aliphatic hydroxyl groups is 1. The van der Waals surface area contributed by atoms with Gasteiger partial charge in [-0.05, 0) is 5.56 Å². The standard InChI is InChI=1S/C17H24N6O7/c18-10(8-24)14(26)22-23-15(27)11(7-13(19)25)20-17(30)21-12(16(28)29)6-9-4-2-1-3-5-9/h1-5,10-12,24H,6-8,18H2,(H2,19,25)(H,22,26)(H,23,27)(H,28,29)(H2,20,21,30)/t10-,11-,12-/m0/s1. The summed E-state index contributed by atoms with van der Waals surface area (Å²) in [6.07, 6.45) is -0.650. The number of hydrazine groups is 1. The van der Waals surface area contributed by atoms with Crippen molar-refractivity contribution in [2.75, 3.05) is 6.61 Å². The van der Waals surface area contributed by atoms with E-state index in [-0.39, 0.29) is 6.42 Å². The first-order valence-corrected chi connectivity index (χ1v) is 8.72.